The second-order valence-corrected chi connectivity index (χ2v) is 9.91. The number of aryl methyl sites for hydroxylation is 1. The third-order valence-corrected chi connectivity index (χ3v) is 7.09. The monoisotopic (exact) mass is 517 g/mol. The summed E-state index contributed by atoms with van der Waals surface area (Å²) in [5.74, 6) is 0. The van der Waals surface area contributed by atoms with Crippen molar-refractivity contribution in [3.8, 4) is 0 Å². The van der Waals surface area contributed by atoms with Gasteiger partial charge in [-0.15, -0.1) is 0 Å². The molecule has 0 saturated carbocycles. The largest absolute Gasteiger partial charge is 0.335 e. The van der Waals surface area contributed by atoms with Crippen LogP contribution in [0.5, 0.6) is 0 Å². The van der Waals surface area contributed by atoms with Crippen molar-refractivity contribution >= 4 is 45.1 Å². The van der Waals surface area contributed by atoms with Crippen LogP contribution in [0.1, 0.15) is 18.9 Å². The Morgan fingerprint density at radius 2 is 1.59 bits per heavy atom. The molecular formula is C25H26ClN2O4S2+. The smallest absolute Gasteiger partial charge is 0.262 e. The van der Waals surface area contributed by atoms with Crippen LogP contribution in [-0.4, -0.2) is 11.2 Å². The van der Waals surface area contributed by atoms with Crippen LogP contribution in [0.2, 0.25) is 0 Å². The lowest BCUT2D eigenvalue weighted by atomic mass is 10.3. The predicted molar refractivity (Wildman–Crippen MR) is 131 cm³/mol. The number of halogens is 1. The van der Waals surface area contributed by atoms with Crippen molar-refractivity contribution < 1.29 is 33.4 Å². The van der Waals surface area contributed by atoms with E-state index < -0.39 is 10.2 Å². The number of thioether (sulfide) groups is 1. The quantitative estimate of drug-likeness (QED) is 0.399. The van der Waals surface area contributed by atoms with Gasteiger partial charge >= 0.3 is 0 Å². The normalized spacial score (nSPS) is 15.1. The lowest BCUT2D eigenvalue weighted by Crippen LogP contribution is -2.58. The zero-order valence-corrected chi connectivity index (χ0v) is 21.2. The second-order valence-electron chi connectivity index (χ2n) is 7.00. The molecule has 2 aromatic carbocycles. The lowest BCUT2D eigenvalue weighted by Gasteiger charge is -2.17. The standard InChI is InChI=1S/C25H25N2S2.ClHO4/c1-3-26-20-14-10-12-16-22(20)28-24(26)18-8-6-5-7-9-19-25-27(4-2)21-15-11-13-17-23(21)29-25;2-1(3,4)5/h5-19H,3-4H2,1-2H3;(H,2,3,4,5)/q+1;. The molecule has 0 saturated heterocycles. The van der Waals surface area contributed by atoms with E-state index in [0.717, 1.165) is 13.1 Å². The summed E-state index contributed by atoms with van der Waals surface area (Å²) in [6.45, 7) is 6.35. The molecule has 0 spiro atoms. The molecular weight excluding hydrogens is 492 g/mol. The van der Waals surface area contributed by atoms with Crippen LogP contribution in [0.4, 0.5) is 5.69 Å². The number of nitrogens with zero attached hydrogens (tertiary/aromatic N) is 2. The SMILES string of the molecule is CCN1/C(=C/C=C/C=C/C=C/c2sc3ccccc3[n+]2CC)Sc2ccccc21.[O-][Cl+3]([O-])([O-])O. The number of anilines is 1. The summed E-state index contributed by atoms with van der Waals surface area (Å²) in [4.78, 5) is 3.69. The van der Waals surface area contributed by atoms with Gasteiger partial charge in [0.1, 0.15) is 11.2 Å². The zero-order chi connectivity index (χ0) is 24.6. The van der Waals surface area contributed by atoms with E-state index in [1.807, 2.05) is 23.1 Å². The molecule has 2 heterocycles. The van der Waals surface area contributed by atoms with Crippen molar-refractivity contribution in [1.29, 1.82) is 0 Å². The van der Waals surface area contributed by atoms with Gasteiger partial charge in [-0.1, -0.05) is 77.7 Å². The van der Waals surface area contributed by atoms with E-state index in [2.05, 4.69) is 114 Å². The van der Waals surface area contributed by atoms with Crippen LogP contribution in [0.15, 0.2) is 94.9 Å². The summed E-state index contributed by atoms with van der Waals surface area (Å²) in [5, 5.41) is 2.56. The Balaban J connectivity index is 0.000000588. The number of para-hydroxylation sites is 2. The van der Waals surface area contributed by atoms with Crippen LogP contribution in [0, 0.1) is 10.2 Å². The Morgan fingerprint density at radius 3 is 2.32 bits per heavy atom. The Labute approximate surface area is 209 Å². The van der Waals surface area contributed by atoms with Crippen LogP contribution in [0.25, 0.3) is 16.3 Å². The van der Waals surface area contributed by atoms with Gasteiger partial charge in [-0.3, -0.25) is 0 Å². The highest BCUT2D eigenvalue weighted by Crippen LogP contribution is 2.45. The van der Waals surface area contributed by atoms with E-state index in [9.17, 15) is 0 Å². The topological polar surface area (TPSA) is 96.5 Å². The van der Waals surface area contributed by atoms with E-state index in [4.69, 9.17) is 18.6 Å². The Bertz CT molecular complexity index is 1220. The number of aromatic nitrogens is 1. The first-order chi connectivity index (χ1) is 16.3. The highest BCUT2D eigenvalue weighted by molar-refractivity contribution is 8.03. The maximum atomic E-state index is 8.60. The highest BCUT2D eigenvalue weighted by atomic mass is 35.7. The van der Waals surface area contributed by atoms with E-state index in [0.29, 0.717) is 0 Å². The Kier molecular flexibility index (Phi) is 9.49. The molecule has 1 N–H and O–H groups in total. The van der Waals surface area contributed by atoms with Gasteiger partial charge in [0.05, 0.1) is 25.6 Å². The lowest BCUT2D eigenvalue weighted by molar-refractivity contribution is -1.92. The molecule has 0 unspecified atom stereocenters. The Morgan fingerprint density at radius 1 is 0.941 bits per heavy atom. The van der Waals surface area contributed by atoms with Crippen molar-refractivity contribution in [2.75, 3.05) is 11.4 Å². The summed E-state index contributed by atoms with van der Waals surface area (Å²) in [6, 6.07) is 17.2. The predicted octanol–water partition coefficient (Wildman–Crippen LogP) is 2.68. The first-order valence-electron chi connectivity index (χ1n) is 10.6. The summed E-state index contributed by atoms with van der Waals surface area (Å²) in [7, 11) is -4.69. The fourth-order valence-electron chi connectivity index (χ4n) is 3.47. The molecule has 0 aliphatic carbocycles. The maximum absolute atomic E-state index is 8.60. The fourth-order valence-corrected chi connectivity index (χ4v) is 5.75. The maximum Gasteiger partial charge on any atom is 0.262 e. The number of allylic oxidation sites excluding steroid dienone is 6. The van der Waals surface area contributed by atoms with Crippen LogP contribution in [-0.2, 0) is 6.54 Å². The van der Waals surface area contributed by atoms with Gasteiger partial charge < -0.3 is 4.90 Å². The van der Waals surface area contributed by atoms with Crippen molar-refractivity contribution in [3.63, 3.8) is 0 Å². The average molecular weight is 518 g/mol. The number of rotatable bonds is 6. The number of thiazole rings is 1. The number of benzene rings is 2. The van der Waals surface area contributed by atoms with Crippen LogP contribution < -0.4 is 23.4 Å². The number of fused-ring (bicyclic) bond motifs is 2. The molecule has 1 aromatic heterocycles. The highest BCUT2D eigenvalue weighted by Gasteiger charge is 2.22. The summed E-state index contributed by atoms with van der Waals surface area (Å²) in [6.07, 6.45) is 14.9. The third kappa shape index (κ3) is 7.28. The number of hydrogen-bond donors (Lipinski definition) is 1. The van der Waals surface area contributed by atoms with E-state index in [1.165, 1.54) is 30.8 Å². The molecule has 1 aliphatic rings. The van der Waals surface area contributed by atoms with Gasteiger partial charge in [0.15, 0.2) is 0 Å². The molecule has 3 aromatic rings. The molecule has 0 fully saturated rings. The molecule has 4 rings (SSSR count). The van der Waals surface area contributed by atoms with Crippen LogP contribution >= 0.6 is 23.1 Å². The summed E-state index contributed by atoms with van der Waals surface area (Å²) >= 11 is 3.67. The van der Waals surface area contributed by atoms with E-state index in [-0.39, 0.29) is 0 Å². The van der Waals surface area contributed by atoms with Gasteiger partial charge in [0.25, 0.3) is 5.01 Å². The minimum Gasteiger partial charge on any atom is -0.335 e. The fraction of sp³-hybridized carbons (Fsp3) is 0.160. The molecule has 0 atom stereocenters. The van der Waals surface area contributed by atoms with E-state index in [1.54, 1.807) is 0 Å². The second kappa shape index (κ2) is 12.3. The van der Waals surface area contributed by atoms with Crippen molar-refractivity contribution in [2.24, 2.45) is 0 Å². The van der Waals surface area contributed by atoms with Gasteiger partial charge in [0.2, 0.25) is 5.52 Å². The molecule has 34 heavy (non-hydrogen) atoms. The molecule has 6 nitrogen and oxygen atoms in total. The zero-order valence-electron chi connectivity index (χ0n) is 18.8. The summed E-state index contributed by atoms with van der Waals surface area (Å²) in [5.41, 5.74) is 2.62. The molecule has 0 amide bonds. The van der Waals surface area contributed by atoms with Crippen molar-refractivity contribution in [1.82, 2.24) is 0 Å². The third-order valence-electron chi connectivity index (χ3n) is 4.83. The van der Waals surface area contributed by atoms with E-state index >= 15 is 0 Å². The van der Waals surface area contributed by atoms with Crippen molar-refractivity contribution in [2.45, 2.75) is 25.3 Å². The Hall–Kier alpha value is -2.43. The number of hydrogen-bond acceptors (Lipinski definition) is 7. The van der Waals surface area contributed by atoms with Gasteiger partial charge in [0, 0.05) is 23.6 Å². The van der Waals surface area contributed by atoms with Crippen molar-refractivity contribution in [3.05, 3.63) is 95.0 Å². The minimum atomic E-state index is -4.69. The van der Waals surface area contributed by atoms with Gasteiger partial charge in [-0.05, 0) is 38.1 Å². The molecule has 9 heteroatoms. The molecule has 1 aliphatic heterocycles. The molecule has 178 valence electrons. The van der Waals surface area contributed by atoms with Gasteiger partial charge in [-0.2, -0.15) is 18.5 Å². The molecule has 0 radical (unpaired) electrons. The minimum absolute atomic E-state index is 0.981. The first-order valence-corrected chi connectivity index (χ1v) is 13.5. The average Bonchev–Trinajstić information content (AvgIpc) is 3.34. The van der Waals surface area contributed by atoms with Crippen LogP contribution in [0.3, 0.4) is 0 Å². The van der Waals surface area contributed by atoms with Gasteiger partial charge in [-0.25, -0.2) is 0 Å². The first kappa shape index (κ1) is 26.2. The molecule has 0 bridgehead atoms. The summed E-state index contributed by atoms with van der Waals surface area (Å²) < 4.78 is 36.4.